The van der Waals surface area contributed by atoms with Crippen LogP contribution in [0.1, 0.15) is 57.0 Å². The Morgan fingerprint density at radius 1 is 0.971 bits per heavy atom. The van der Waals surface area contributed by atoms with Gasteiger partial charge >= 0.3 is 0 Å². The minimum atomic E-state index is -1.11. The van der Waals surface area contributed by atoms with Crippen LogP contribution < -0.4 is 16.0 Å². The van der Waals surface area contributed by atoms with Crippen molar-refractivity contribution in [2.75, 3.05) is 0 Å². The Morgan fingerprint density at radius 3 is 2.20 bits per heavy atom. The van der Waals surface area contributed by atoms with Crippen LogP contribution in [0.4, 0.5) is 0 Å². The Hall–Kier alpha value is -3.26. The highest BCUT2D eigenvalue weighted by atomic mass is 35.5. The van der Waals surface area contributed by atoms with Gasteiger partial charge in [0.25, 0.3) is 11.8 Å². The van der Waals surface area contributed by atoms with Gasteiger partial charge in [-0.1, -0.05) is 55.8 Å². The number of hydrogen-bond donors (Lipinski definition) is 3. The predicted octanol–water partition coefficient (Wildman–Crippen LogP) is 3.09. The van der Waals surface area contributed by atoms with Crippen molar-refractivity contribution in [3.63, 3.8) is 0 Å². The number of Topliss-reactive ketones (excluding diaryl/α,β-unsaturated/α-hetero) is 1. The summed E-state index contributed by atoms with van der Waals surface area (Å²) in [6.07, 6.45) is 3.22. The lowest BCUT2D eigenvalue weighted by molar-refractivity contribution is -0.141. The third kappa shape index (κ3) is 9.13. The first-order valence-corrected chi connectivity index (χ1v) is 11.9. The third-order valence-corrected chi connectivity index (χ3v) is 5.30. The summed E-state index contributed by atoms with van der Waals surface area (Å²) in [5, 5.41) is 8.24. The first-order chi connectivity index (χ1) is 16.4. The summed E-state index contributed by atoms with van der Waals surface area (Å²) in [5.74, 6) is -2.61. The fourth-order valence-corrected chi connectivity index (χ4v) is 3.57. The highest BCUT2D eigenvalue weighted by Crippen LogP contribution is 2.15. The van der Waals surface area contributed by atoms with Crippen LogP contribution in [0.15, 0.2) is 48.8 Å². The van der Waals surface area contributed by atoms with Crippen molar-refractivity contribution in [1.29, 1.82) is 0 Å². The maximum absolute atomic E-state index is 13.3. The number of rotatable bonds is 10. The molecule has 1 unspecified atom stereocenters. The Kier molecular flexibility index (Phi) is 9.95. The van der Waals surface area contributed by atoms with Crippen LogP contribution in [0, 0.1) is 5.92 Å². The summed E-state index contributed by atoms with van der Waals surface area (Å²) in [5.41, 5.74) is 0.295. The van der Waals surface area contributed by atoms with Gasteiger partial charge in [-0.05, 0) is 44.7 Å². The van der Waals surface area contributed by atoms with Crippen molar-refractivity contribution >= 4 is 35.1 Å². The maximum Gasteiger partial charge on any atom is 0.290 e. The second-order valence-electron chi connectivity index (χ2n) is 9.83. The normalized spacial score (nSPS) is 13.0. The molecule has 188 valence electrons. The fraction of sp³-hybridized carbons (Fsp3) is 0.423. The van der Waals surface area contributed by atoms with Crippen molar-refractivity contribution in [1.82, 2.24) is 20.9 Å². The van der Waals surface area contributed by atoms with Crippen molar-refractivity contribution in [3.05, 3.63) is 64.9 Å². The fourth-order valence-electron chi connectivity index (χ4n) is 3.38. The van der Waals surface area contributed by atoms with Gasteiger partial charge in [-0.25, -0.2) is 0 Å². The van der Waals surface area contributed by atoms with E-state index in [2.05, 4.69) is 20.9 Å². The molecular formula is C26H33ClN4O4. The Balaban J connectivity index is 2.26. The molecule has 9 heteroatoms. The topological polar surface area (TPSA) is 117 Å². The molecular weight excluding hydrogens is 468 g/mol. The van der Waals surface area contributed by atoms with Gasteiger partial charge in [-0.2, -0.15) is 0 Å². The summed E-state index contributed by atoms with van der Waals surface area (Å²) in [6.45, 7) is 9.11. The van der Waals surface area contributed by atoms with E-state index in [1.165, 1.54) is 18.5 Å². The summed E-state index contributed by atoms with van der Waals surface area (Å²) in [6, 6.07) is 8.51. The SMILES string of the molecule is CC(C)C[C@H](NC(=O)c1cnccc1Cl)C(=O)NC(Cc1ccccc1)C(=O)C(=O)NC(C)(C)C. The van der Waals surface area contributed by atoms with Gasteiger partial charge in [-0.3, -0.25) is 24.2 Å². The molecule has 2 aromatic rings. The standard InChI is InChI=1S/C26H33ClN4O4/c1-16(2)13-21(30-23(33)18-15-28-12-11-19(18)27)24(34)29-20(14-17-9-7-6-8-10-17)22(32)25(35)31-26(3,4)5/h6-12,15-16,20-21H,13-14H2,1-5H3,(H,29,34)(H,30,33)(H,31,35)/t20?,21-/m0/s1. The average Bonchev–Trinajstić information content (AvgIpc) is 2.77. The van der Waals surface area contributed by atoms with E-state index in [1.807, 2.05) is 44.2 Å². The van der Waals surface area contributed by atoms with Gasteiger partial charge < -0.3 is 16.0 Å². The summed E-state index contributed by atoms with van der Waals surface area (Å²) in [4.78, 5) is 55.7. The molecule has 3 amide bonds. The molecule has 0 saturated heterocycles. The number of nitrogens with one attached hydrogen (secondary N) is 3. The molecule has 0 radical (unpaired) electrons. The number of nitrogens with zero attached hydrogens (tertiary/aromatic N) is 1. The third-order valence-electron chi connectivity index (χ3n) is 4.97. The van der Waals surface area contributed by atoms with E-state index in [0.717, 1.165) is 5.56 Å². The molecule has 1 aromatic carbocycles. The predicted molar refractivity (Wildman–Crippen MR) is 135 cm³/mol. The van der Waals surface area contributed by atoms with Crippen molar-refractivity contribution in [3.8, 4) is 0 Å². The molecule has 0 spiro atoms. The van der Waals surface area contributed by atoms with Gasteiger partial charge in [-0.15, -0.1) is 0 Å². The van der Waals surface area contributed by atoms with Crippen molar-refractivity contribution < 1.29 is 19.2 Å². The quantitative estimate of drug-likeness (QED) is 0.433. The average molecular weight is 501 g/mol. The monoisotopic (exact) mass is 500 g/mol. The number of aromatic nitrogens is 1. The van der Waals surface area contributed by atoms with Gasteiger partial charge in [0.05, 0.1) is 10.6 Å². The van der Waals surface area contributed by atoms with E-state index in [-0.39, 0.29) is 22.9 Å². The minimum absolute atomic E-state index is 0.0582. The van der Waals surface area contributed by atoms with Gasteiger partial charge in [0.2, 0.25) is 11.7 Å². The zero-order chi connectivity index (χ0) is 26.2. The molecule has 0 fully saturated rings. The Labute approximate surface area is 211 Å². The zero-order valence-corrected chi connectivity index (χ0v) is 21.5. The number of amides is 3. The molecule has 1 heterocycles. The molecule has 1 aromatic heterocycles. The summed E-state index contributed by atoms with van der Waals surface area (Å²) >= 11 is 6.10. The Morgan fingerprint density at radius 2 is 1.63 bits per heavy atom. The molecule has 0 aliphatic heterocycles. The molecule has 3 N–H and O–H groups in total. The second kappa shape index (κ2) is 12.4. The summed E-state index contributed by atoms with van der Waals surface area (Å²) in [7, 11) is 0. The number of ketones is 1. The van der Waals surface area contributed by atoms with E-state index in [1.54, 1.807) is 20.8 Å². The minimum Gasteiger partial charge on any atom is -0.345 e. The highest BCUT2D eigenvalue weighted by molar-refractivity contribution is 6.38. The van der Waals surface area contributed by atoms with Crippen molar-refractivity contribution in [2.45, 2.75) is 65.1 Å². The number of halogens is 1. The molecule has 35 heavy (non-hydrogen) atoms. The van der Waals surface area contributed by atoms with Crippen LogP contribution in [-0.4, -0.2) is 46.1 Å². The van der Waals surface area contributed by atoms with E-state index < -0.39 is 41.1 Å². The van der Waals surface area contributed by atoms with Crippen LogP contribution in [0.2, 0.25) is 5.02 Å². The molecule has 2 rings (SSSR count). The number of carbonyl (C=O) groups is 4. The maximum atomic E-state index is 13.3. The van der Waals surface area contributed by atoms with Crippen molar-refractivity contribution in [2.24, 2.45) is 5.92 Å². The number of pyridine rings is 1. The van der Waals surface area contributed by atoms with E-state index in [4.69, 9.17) is 11.6 Å². The molecule has 2 atom stereocenters. The number of benzene rings is 1. The van der Waals surface area contributed by atoms with Crippen LogP contribution >= 0.6 is 11.6 Å². The molecule has 8 nitrogen and oxygen atoms in total. The van der Waals surface area contributed by atoms with Crippen LogP contribution in [0.3, 0.4) is 0 Å². The van der Waals surface area contributed by atoms with Crippen LogP contribution in [0.5, 0.6) is 0 Å². The zero-order valence-electron chi connectivity index (χ0n) is 20.7. The lowest BCUT2D eigenvalue weighted by Gasteiger charge is -2.25. The number of carbonyl (C=O) groups excluding carboxylic acids is 4. The molecule has 0 aliphatic rings. The highest BCUT2D eigenvalue weighted by Gasteiger charge is 2.32. The Bertz CT molecular complexity index is 1050. The first kappa shape index (κ1) is 28.0. The van der Waals surface area contributed by atoms with E-state index >= 15 is 0 Å². The first-order valence-electron chi connectivity index (χ1n) is 11.5. The summed E-state index contributed by atoms with van der Waals surface area (Å²) < 4.78 is 0. The molecule has 0 aliphatic carbocycles. The smallest absolute Gasteiger partial charge is 0.290 e. The van der Waals surface area contributed by atoms with Gasteiger partial charge in [0.15, 0.2) is 0 Å². The second-order valence-corrected chi connectivity index (χ2v) is 10.2. The van der Waals surface area contributed by atoms with E-state index in [0.29, 0.717) is 6.42 Å². The molecule has 0 saturated carbocycles. The molecule has 0 bridgehead atoms. The largest absolute Gasteiger partial charge is 0.345 e. The van der Waals surface area contributed by atoms with Gasteiger partial charge in [0, 0.05) is 24.4 Å². The lowest BCUT2D eigenvalue weighted by atomic mass is 9.98. The number of hydrogen-bond acceptors (Lipinski definition) is 5. The lowest BCUT2D eigenvalue weighted by Crippen LogP contribution is -2.56. The van der Waals surface area contributed by atoms with Crippen LogP contribution in [0.25, 0.3) is 0 Å². The van der Waals surface area contributed by atoms with Gasteiger partial charge in [0.1, 0.15) is 12.1 Å². The van der Waals surface area contributed by atoms with E-state index in [9.17, 15) is 19.2 Å². The van der Waals surface area contributed by atoms with Crippen LogP contribution in [-0.2, 0) is 20.8 Å².